The van der Waals surface area contributed by atoms with E-state index in [9.17, 15) is 9.18 Å². The van der Waals surface area contributed by atoms with Crippen molar-refractivity contribution in [2.75, 3.05) is 0 Å². The molecule has 0 aliphatic rings. The number of rotatable bonds is 2. The van der Waals surface area contributed by atoms with Gasteiger partial charge in [-0.25, -0.2) is 14.2 Å². The number of hydrogen-bond acceptors (Lipinski definition) is 3. The normalized spacial score (nSPS) is 10.9. The monoisotopic (exact) mass is 271 g/mol. The summed E-state index contributed by atoms with van der Waals surface area (Å²) in [6, 6.07) is 9.02. The topological polar surface area (TPSA) is 63.3 Å². The minimum absolute atomic E-state index is 0.146. The predicted octanol–water partition coefficient (Wildman–Crippen LogP) is 3.64. The molecule has 0 bridgehead atoms. The summed E-state index contributed by atoms with van der Waals surface area (Å²) in [6.45, 7) is 1.66. The number of nitrogens with zero attached hydrogens (tertiary/aromatic N) is 1. The fourth-order valence-corrected chi connectivity index (χ4v) is 1.96. The molecule has 0 aliphatic carbocycles. The van der Waals surface area contributed by atoms with Crippen LogP contribution in [0.5, 0.6) is 0 Å². The lowest BCUT2D eigenvalue weighted by Crippen LogP contribution is -1.94. The Hall–Kier alpha value is -2.69. The van der Waals surface area contributed by atoms with Gasteiger partial charge >= 0.3 is 5.97 Å². The van der Waals surface area contributed by atoms with Gasteiger partial charge in [-0.15, -0.1) is 0 Å². The molecular formula is C15H10FNO3. The van der Waals surface area contributed by atoms with E-state index in [0.717, 1.165) is 0 Å². The maximum Gasteiger partial charge on any atom is 0.335 e. The standard InChI is InChI=1S/C15H10FNO3/c1-8-6-9(2-4-11(8)16)14-17-12-7-10(15(18)19)3-5-13(12)20-14/h2-7H,1H3,(H,18,19). The molecule has 1 heterocycles. The van der Waals surface area contributed by atoms with Crippen molar-refractivity contribution in [1.82, 2.24) is 4.98 Å². The van der Waals surface area contributed by atoms with E-state index in [4.69, 9.17) is 9.52 Å². The van der Waals surface area contributed by atoms with Gasteiger partial charge in [0.2, 0.25) is 5.89 Å². The van der Waals surface area contributed by atoms with E-state index in [-0.39, 0.29) is 11.4 Å². The minimum atomic E-state index is -1.02. The van der Waals surface area contributed by atoms with E-state index in [2.05, 4.69) is 4.98 Å². The van der Waals surface area contributed by atoms with Gasteiger partial charge in [0.05, 0.1) is 5.56 Å². The fraction of sp³-hybridized carbons (Fsp3) is 0.0667. The number of oxazole rings is 1. The van der Waals surface area contributed by atoms with Gasteiger partial charge in [0.1, 0.15) is 11.3 Å². The molecular weight excluding hydrogens is 261 g/mol. The number of carboxylic acid groups (broad SMARTS) is 1. The summed E-state index contributed by atoms with van der Waals surface area (Å²) in [6.07, 6.45) is 0. The molecule has 0 atom stereocenters. The van der Waals surface area contributed by atoms with E-state index in [1.165, 1.54) is 18.2 Å². The molecule has 0 saturated carbocycles. The summed E-state index contributed by atoms with van der Waals surface area (Å²) in [7, 11) is 0. The highest BCUT2D eigenvalue weighted by Gasteiger charge is 2.12. The molecule has 1 N–H and O–H groups in total. The zero-order valence-corrected chi connectivity index (χ0v) is 10.6. The quantitative estimate of drug-likeness (QED) is 0.772. The summed E-state index contributed by atoms with van der Waals surface area (Å²) in [5.74, 6) is -0.974. The van der Waals surface area contributed by atoms with Gasteiger partial charge in [0, 0.05) is 5.56 Å². The highest BCUT2D eigenvalue weighted by molar-refractivity contribution is 5.92. The minimum Gasteiger partial charge on any atom is -0.478 e. The summed E-state index contributed by atoms with van der Waals surface area (Å²) >= 11 is 0. The van der Waals surface area contributed by atoms with Crippen LogP contribution in [0.4, 0.5) is 4.39 Å². The first kappa shape index (κ1) is 12.3. The molecule has 0 saturated heterocycles. The SMILES string of the molecule is Cc1cc(-c2nc3cc(C(=O)O)ccc3o2)ccc1F. The molecule has 3 aromatic rings. The van der Waals surface area contributed by atoms with Gasteiger partial charge in [-0.3, -0.25) is 0 Å². The highest BCUT2D eigenvalue weighted by Crippen LogP contribution is 2.26. The van der Waals surface area contributed by atoms with Crippen LogP contribution in [0.2, 0.25) is 0 Å². The Kier molecular flexibility index (Phi) is 2.75. The fourth-order valence-electron chi connectivity index (χ4n) is 1.96. The zero-order chi connectivity index (χ0) is 14.3. The van der Waals surface area contributed by atoms with Gasteiger partial charge in [-0.05, 0) is 48.9 Å². The van der Waals surface area contributed by atoms with Crippen LogP contribution in [-0.4, -0.2) is 16.1 Å². The number of hydrogen-bond donors (Lipinski definition) is 1. The maximum atomic E-state index is 13.2. The molecule has 5 heteroatoms. The third kappa shape index (κ3) is 2.03. The largest absolute Gasteiger partial charge is 0.478 e. The van der Waals surface area contributed by atoms with Crippen LogP contribution in [0.25, 0.3) is 22.6 Å². The first-order valence-corrected chi connectivity index (χ1v) is 5.95. The third-order valence-corrected chi connectivity index (χ3v) is 3.04. The van der Waals surface area contributed by atoms with E-state index in [1.807, 2.05) is 0 Å². The number of aryl methyl sites for hydroxylation is 1. The number of carboxylic acids is 1. The first-order valence-electron chi connectivity index (χ1n) is 5.95. The van der Waals surface area contributed by atoms with Crippen LogP contribution in [-0.2, 0) is 0 Å². The molecule has 4 nitrogen and oxygen atoms in total. The molecule has 2 aromatic carbocycles. The van der Waals surface area contributed by atoms with Crippen LogP contribution in [0.1, 0.15) is 15.9 Å². The van der Waals surface area contributed by atoms with Gasteiger partial charge in [0.25, 0.3) is 0 Å². The number of halogens is 1. The zero-order valence-electron chi connectivity index (χ0n) is 10.6. The van der Waals surface area contributed by atoms with Crippen LogP contribution in [0, 0.1) is 12.7 Å². The molecule has 3 rings (SSSR count). The average Bonchev–Trinajstić information content (AvgIpc) is 2.84. The van der Waals surface area contributed by atoms with E-state index < -0.39 is 5.97 Å². The van der Waals surface area contributed by atoms with E-state index in [0.29, 0.717) is 28.1 Å². The Labute approximate surface area is 113 Å². The smallest absolute Gasteiger partial charge is 0.335 e. The molecule has 0 radical (unpaired) electrons. The number of fused-ring (bicyclic) bond motifs is 1. The van der Waals surface area contributed by atoms with Crippen molar-refractivity contribution >= 4 is 17.1 Å². The van der Waals surface area contributed by atoms with Crippen molar-refractivity contribution < 1.29 is 18.7 Å². The Bertz CT molecular complexity index is 823. The van der Waals surface area contributed by atoms with Crippen molar-refractivity contribution in [1.29, 1.82) is 0 Å². The second-order valence-corrected chi connectivity index (χ2v) is 4.47. The molecule has 100 valence electrons. The van der Waals surface area contributed by atoms with Gasteiger partial charge < -0.3 is 9.52 Å². The molecule has 0 aliphatic heterocycles. The Morgan fingerprint density at radius 2 is 2.05 bits per heavy atom. The lowest BCUT2D eigenvalue weighted by Gasteiger charge is -1.98. The molecule has 0 amide bonds. The van der Waals surface area contributed by atoms with E-state index in [1.54, 1.807) is 25.1 Å². The highest BCUT2D eigenvalue weighted by atomic mass is 19.1. The van der Waals surface area contributed by atoms with Crippen molar-refractivity contribution in [2.24, 2.45) is 0 Å². The van der Waals surface area contributed by atoms with Crippen molar-refractivity contribution in [3.8, 4) is 11.5 Å². The van der Waals surface area contributed by atoms with Crippen LogP contribution >= 0.6 is 0 Å². The van der Waals surface area contributed by atoms with Crippen LogP contribution in [0.3, 0.4) is 0 Å². The van der Waals surface area contributed by atoms with Gasteiger partial charge in [0.15, 0.2) is 5.58 Å². The first-order chi connectivity index (χ1) is 9.54. The Balaban J connectivity index is 2.12. The number of benzene rings is 2. The third-order valence-electron chi connectivity index (χ3n) is 3.04. The van der Waals surface area contributed by atoms with Crippen molar-refractivity contribution in [3.63, 3.8) is 0 Å². The summed E-state index contributed by atoms with van der Waals surface area (Å²) in [5, 5.41) is 8.93. The molecule has 20 heavy (non-hydrogen) atoms. The summed E-state index contributed by atoms with van der Waals surface area (Å²) in [5.41, 5.74) is 2.24. The number of aromatic carboxylic acids is 1. The molecule has 0 spiro atoms. The number of aromatic nitrogens is 1. The Morgan fingerprint density at radius 1 is 1.25 bits per heavy atom. The predicted molar refractivity (Wildman–Crippen MR) is 71.1 cm³/mol. The second kappa shape index (κ2) is 4.45. The van der Waals surface area contributed by atoms with Crippen molar-refractivity contribution in [2.45, 2.75) is 6.92 Å². The number of carbonyl (C=O) groups is 1. The van der Waals surface area contributed by atoms with E-state index >= 15 is 0 Å². The second-order valence-electron chi connectivity index (χ2n) is 4.47. The average molecular weight is 271 g/mol. The Morgan fingerprint density at radius 3 is 2.75 bits per heavy atom. The van der Waals surface area contributed by atoms with Gasteiger partial charge in [-0.1, -0.05) is 0 Å². The lowest BCUT2D eigenvalue weighted by atomic mass is 10.1. The molecule has 0 unspecified atom stereocenters. The maximum absolute atomic E-state index is 13.2. The molecule has 0 fully saturated rings. The van der Waals surface area contributed by atoms with Crippen LogP contribution < -0.4 is 0 Å². The summed E-state index contributed by atoms with van der Waals surface area (Å²) < 4.78 is 18.8. The van der Waals surface area contributed by atoms with Gasteiger partial charge in [-0.2, -0.15) is 0 Å². The van der Waals surface area contributed by atoms with Crippen molar-refractivity contribution in [3.05, 3.63) is 53.3 Å². The van der Waals surface area contributed by atoms with Crippen LogP contribution in [0.15, 0.2) is 40.8 Å². The molecule has 1 aromatic heterocycles. The summed E-state index contributed by atoms with van der Waals surface area (Å²) in [4.78, 5) is 15.1. The lowest BCUT2D eigenvalue weighted by molar-refractivity contribution is 0.0697.